The van der Waals surface area contributed by atoms with Crippen molar-refractivity contribution in [3.05, 3.63) is 53.1 Å². The first-order valence-corrected chi connectivity index (χ1v) is 9.42. The Balaban J connectivity index is 1.79. The van der Waals surface area contributed by atoms with Gasteiger partial charge in [0.2, 0.25) is 5.91 Å². The van der Waals surface area contributed by atoms with Crippen LogP contribution in [-0.4, -0.2) is 43.5 Å². The Morgan fingerprint density at radius 3 is 2.27 bits per heavy atom. The van der Waals surface area contributed by atoms with Crippen molar-refractivity contribution in [2.45, 2.75) is 26.3 Å². The van der Waals surface area contributed by atoms with E-state index in [0.717, 1.165) is 16.0 Å². The van der Waals surface area contributed by atoms with Crippen LogP contribution >= 0.6 is 0 Å². The van der Waals surface area contributed by atoms with E-state index in [0.29, 0.717) is 22.7 Å². The van der Waals surface area contributed by atoms with E-state index < -0.39 is 23.4 Å². The number of carbonyl (C=O) groups excluding carboxylic acids is 3. The third kappa shape index (κ3) is 3.94. The number of hydrogen-bond acceptors (Lipinski definition) is 5. The Hall–Kier alpha value is -3.55. The summed E-state index contributed by atoms with van der Waals surface area (Å²) in [6.45, 7) is 5.06. The number of amides is 4. The van der Waals surface area contributed by atoms with Gasteiger partial charge in [-0.1, -0.05) is 12.1 Å². The molecule has 1 aliphatic heterocycles. The molecular formula is C22H25N3O5. The minimum atomic E-state index is -1.32. The van der Waals surface area contributed by atoms with Crippen molar-refractivity contribution in [2.24, 2.45) is 0 Å². The molecule has 8 nitrogen and oxygen atoms in total. The molecule has 0 aliphatic carbocycles. The van der Waals surface area contributed by atoms with Crippen LogP contribution in [0.4, 0.5) is 10.5 Å². The van der Waals surface area contributed by atoms with Gasteiger partial charge in [0.25, 0.3) is 5.91 Å². The Kier molecular flexibility index (Phi) is 5.69. The van der Waals surface area contributed by atoms with Crippen molar-refractivity contribution in [1.29, 1.82) is 0 Å². The maximum absolute atomic E-state index is 13.1. The zero-order valence-electron chi connectivity index (χ0n) is 17.7. The molecule has 2 aromatic rings. The second kappa shape index (κ2) is 8.06. The quantitative estimate of drug-likeness (QED) is 0.713. The second-order valence-electron chi connectivity index (χ2n) is 7.44. The molecule has 0 bridgehead atoms. The van der Waals surface area contributed by atoms with Gasteiger partial charge in [-0.2, -0.15) is 0 Å². The highest BCUT2D eigenvalue weighted by Gasteiger charge is 2.49. The van der Waals surface area contributed by atoms with Crippen LogP contribution < -0.4 is 20.1 Å². The average Bonchev–Trinajstić information content (AvgIpc) is 2.90. The van der Waals surface area contributed by atoms with E-state index in [9.17, 15) is 14.4 Å². The minimum Gasteiger partial charge on any atom is -0.493 e. The fourth-order valence-electron chi connectivity index (χ4n) is 3.57. The molecule has 0 spiro atoms. The molecule has 4 amide bonds. The van der Waals surface area contributed by atoms with Gasteiger partial charge in [-0.15, -0.1) is 0 Å². The summed E-state index contributed by atoms with van der Waals surface area (Å²) in [5, 5.41) is 5.43. The SMILES string of the molecule is COc1ccc([C@]2(C)NC(=O)N(CC(=O)Nc3cc(C)cc(C)c3)C2=O)cc1OC. The van der Waals surface area contributed by atoms with Crippen molar-refractivity contribution in [1.82, 2.24) is 10.2 Å². The Morgan fingerprint density at radius 1 is 1.03 bits per heavy atom. The normalized spacial score (nSPS) is 18.2. The fraction of sp³-hybridized carbons (Fsp3) is 0.318. The van der Waals surface area contributed by atoms with Gasteiger partial charge >= 0.3 is 6.03 Å². The van der Waals surface area contributed by atoms with Crippen molar-refractivity contribution in [2.75, 3.05) is 26.1 Å². The van der Waals surface area contributed by atoms with Crippen LogP contribution in [0.15, 0.2) is 36.4 Å². The van der Waals surface area contributed by atoms with Crippen molar-refractivity contribution in [3.63, 3.8) is 0 Å². The number of urea groups is 1. The second-order valence-corrected chi connectivity index (χ2v) is 7.44. The topological polar surface area (TPSA) is 97.0 Å². The number of nitrogens with zero attached hydrogens (tertiary/aromatic N) is 1. The van der Waals surface area contributed by atoms with Crippen LogP contribution in [0.25, 0.3) is 0 Å². The van der Waals surface area contributed by atoms with Crippen LogP contribution in [0.2, 0.25) is 0 Å². The van der Waals surface area contributed by atoms with Crippen LogP contribution in [0, 0.1) is 13.8 Å². The number of benzene rings is 2. The van der Waals surface area contributed by atoms with E-state index in [1.54, 1.807) is 25.1 Å². The van der Waals surface area contributed by atoms with E-state index in [1.165, 1.54) is 14.2 Å². The molecule has 8 heteroatoms. The lowest BCUT2D eigenvalue weighted by Crippen LogP contribution is -2.42. The Labute approximate surface area is 175 Å². The molecule has 1 saturated heterocycles. The number of rotatable bonds is 6. The zero-order chi connectivity index (χ0) is 22.1. The molecular weight excluding hydrogens is 386 g/mol. The number of nitrogens with one attached hydrogen (secondary N) is 2. The lowest BCUT2D eigenvalue weighted by atomic mass is 9.91. The van der Waals surface area contributed by atoms with Gasteiger partial charge in [-0.3, -0.25) is 14.5 Å². The number of hydrogen-bond donors (Lipinski definition) is 2. The number of aryl methyl sites for hydroxylation is 2. The predicted octanol–water partition coefficient (Wildman–Crippen LogP) is 2.73. The smallest absolute Gasteiger partial charge is 0.325 e. The third-order valence-corrected chi connectivity index (χ3v) is 5.04. The van der Waals surface area contributed by atoms with E-state index in [-0.39, 0.29) is 6.54 Å². The van der Waals surface area contributed by atoms with Crippen LogP contribution in [-0.2, 0) is 15.1 Å². The molecule has 0 aromatic heterocycles. The first kappa shape index (κ1) is 21.2. The van der Waals surface area contributed by atoms with Crippen LogP contribution in [0.3, 0.4) is 0 Å². The maximum atomic E-state index is 13.1. The lowest BCUT2D eigenvalue weighted by Gasteiger charge is -2.23. The molecule has 1 heterocycles. The molecule has 2 aromatic carbocycles. The van der Waals surface area contributed by atoms with Crippen LogP contribution in [0.5, 0.6) is 11.5 Å². The summed E-state index contributed by atoms with van der Waals surface area (Å²) in [6.07, 6.45) is 0. The largest absolute Gasteiger partial charge is 0.493 e. The molecule has 0 radical (unpaired) electrons. The maximum Gasteiger partial charge on any atom is 0.325 e. The van der Waals surface area contributed by atoms with Crippen molar-refractivity contribution >= 4 is 23.5 Å². The fourth-order valence-corrected chi connectivity index (χ4v) is 3.57. The predicted molar refractivity (Wildman–Crippen MR) is 112 cm³/mol. The van der Waals surface area contributed by atoms with Gasteiger partial charge in [0, 0.05) is 5.69 Å². The third-order valence-electron chi connectivity index (χ3n) is 5.04. The van der Waals surface area contributed by atoms with Gasteiger partial charge in [0.15, 0.2) is 11.5 Å². The summed E-state index contributed by atoms with van der Waals surface area (Å²) >= 11 is 0. The van der Waals surface area contributed by atoms with E-state index in [4.69, 9.17) is 9.47 Å². The molecule has 1 atom stereocenters. The molecule has 0 saturated carbocycles. The standard InChI is InChI=1S/C22H25N3O5/c1-13-8-14(2)10-16(9-13)23-19(26)12-25-20(27)22(3,24-21(25)28)15-6-7-17(29-4)18(11-15)30-5/h6-11H,12H2,1-5H3,(H,23,26)(H,24,28)/t22-/m0/s1. The number of methoxy groups -OCH3 is 2. The zero-order valence-corrected chi connectivity index (χ0v) is 17.7. The number of carbonyl (C=O) groups is 3. The summed E-state index contributed by atoms with van der Waals surface area (Å²) < 4.78 is 10.5. The van der Waals surface area contributed by atoms with Gasteiger partial charge in [-0.25, -0.2) is 4.79 Å². The first-order valence-electron chi connectivity index (χ1n) is 9.42. The first-order chi connectivity index (χ1) is 14.2. The van der Waals surface area contributed by atoms with Gasteiger partial charge in [0.05, 0.1) is 14.2 Å². The average molecular weight is 411 g/mol. The van der Waals surface area contributed by atoms with E-state index in [2.05, 4.69) is 10.6 Å². The van der Waals surface area contributed by atoms with Gasteiger partial charge < -0.3 is 20.1 Å². The molecule has 3 rings (SSSR count). The number of imide groups is 1. The number of anilines is 1. The monoisotopic (exact) mass is 411 g/mol. The summed E-state index contributed by atoms with van der Waals surface area (Å²) in [4.78, 5) is 39.0. The van der Waals surface area contributed by atoms with Crippen molar-refractivity contribution in [3.8, 4) is 11.5 Å². The Morgan fingerprint density at radius 2 is 1.67 bits per heavy atom. The molecule has 158 valence electrons. The summed E-state index contributed by atoms with van der Waals surface area (Å²) in [5.41, 5.74) is 1.82. The lowest BCUT2D eigenvalue weighted by molar-refractivity contribution is -0.133. The Bertz CT molecular complexity index is 1000. The highest BCUT2D eigenvalue weighted by atomic mass is 16.5. The highest BCUT2D eigenvalue weighted by Crippen LogP contribution is 2.35. The molecule has 0 unspecified atom stereocenters. The summed E-state index contributed by atoms with van der Waals surface area (Å²) in [5.74, 6) is -0.0362. The molecule has 1 fully saturated rings. The number of ether oxygens (including phenoxy) is 2. The van der Waals surface area contributed by atoms with E-state index in [1.807, 2.05) is 32.0 Å². The highest BCUT2D eigenvalue weighted by molar-refractivity contribution is 6.10. The molecule has 2 N–H and O–H groups in total. The molecule has 1 aliphatic rings. The summed E-state index contributed by atoms with van der Waals surface area (Å²) in [7, 11) is 3.00. The van der Waals surface area contributed by atoms with Crippen molar-refractivity contribution < 1.29 is 23.9 Å². The van der Waals surface area contributed by atoms with E-state index >= 15 is 0 Å². The summed E-state index contributed by atoms with van der Waals surface area (Å²) in [6, 6.07) is 9.98. The minimum absolute atomic E-state index is 0.388. The van der Waals surface area contributed by atoms with Gasteiger partial charge in [-0.05, 0) is 61.7 Å². The van der Waals surface area contributed by atoms with Crippen LogP contribution in [0.1, 0.15) is 23.6 Å². The van der Waals surface area contributed by atoms with Gasteiger partial charge in [0.1, 0.15) is 12.1 Å². The molecule has 30 heavy (non-hydrogen) atoms.